The molecule has 1 aliphatic heterocycles. The van der Waals surface area contributed by atoms with E-state index in [1.54, 1.807) is 0 Å². The van der Waals surface area contributed by atoms with Gasteiger partial charge in [0.1, 0.15) is 0 Å². The first-order chi connectivity index (χ1) is 6.79. The van der Waals surface area contributed by atoms with Crippen LogP contribution in [0.1, 0.15) is 38.5 Å². The molecule has 0 radical (unpaired) electrons. The molecule has 1 heterocycles. The van der Waals surface area contributed by atoms with Crippen LogP contribution in [0.5, 0.6) is 0 Å². The summed E-state index contributed by atoms with van der Waals surface area (Å²) in [4.78, 5) is 0. The molecule has 82 valence electrons. The van der Waals surface area contributed by atoms with Crippen molar-refractivity contribution in [2.24, 2.45) is 0 Å². The molecule has 0 bridgehead atoms. The first-order valence-electron chi connectivity index (χ1n) is 5.82. The predicted molar refractivity (Wildman–Crippen MR) is 61.8 cm³/mol. The average molecular weight is 215 g/mol. The number of rotatable bonds is 3. The molecule has 2 fully saturated rings. The van der Waals surface area contributed by atoms with Gasteiger partial charge in [-0.2, -0.15) is 11.8 Å². The second kappa shape index (κ2) is 4.86. The van der Waals surface area contributed by atoms with Crippen LogP contribution in [0.25, 0.3) is 0 Å². The van der Waals surface area contributed by atoms with Gasteiger partial charge in [-0.25, -0.2) is 0 Å². The van der Waals surface area contributed by atoms with Crippen molar-refractivity contribution in [3.05, 3.63) is 0 Å². The molecule has 0 spiro atoms. The summed E-state index contributed by atoms with van der Waals surface area (Å²) in [6.07, 6.45) is 7.00. The van der Waals surface area contributed by atoms with Crippen LogP contribution in [0.4, 0.5) is 0 Å². The van der Waals surface area contributed by atoms with Gasteiger partial charge in [-0.3, -0.25) is 0 Å². The molecule has 1 atom stereocenters. The Balaban J connectivity index is 1.72. The second-order valence-corrected chi connectivity index (χ2v) is 5.88. The molecule has 0 unspecified atom stereocenters. The molecule has 0 aromatic heterocycles. The van der Waals surface area contributed by atoms with E-state index in [-0.39, 0.29) is 5.60 Å². The summed E-state index contributed by atoms with van der Waals surface area (Å²) in [5.74, 6) is 2.52. The van der Waals surface area contributed by atoms with E-state index < -0.39 is 0 Å². The van der Waals surface area contributed by atoms with Crippen LogP contribution in [0.15, 0.2) is 0 Å². The average Bonchev–Trinajstić information content (AvgIpc) is 2.69. The van der Waals surface area contributed by atoms with Crippen LogP contribution < -0.4 is 5.32 Å². The SMILES string of the molecule is OC1(CN[C@H]2CCSC2)CCCCC1. The summed E-state index contributed by atoms with van der Waals surface area (Å²) in [7, 11) is 0. The highest BCUT2D eigenvalue weighted by molar-refractivity contribution is 7.99. The lowest BCUT2D eigenvalue weighted by atomic mass is 9.85. The lowest BCUT2D eigenvalue weighted by Crippen LogP contribution is -2.45. The Morgan fingerprint density at radius 1 is 1.29 bits per heavy atom. The van der Waals surface area contributed by atoms with Crippen LogP contribution in [0.3, 0.4) is 0 Å². The molecule has 2 aliphatic rings. The highest BCUT2D eigenvalue weighted by Crippen LogP contribution is 2.28. The molecule has 0 aromatic carbocycles. The van der Waals surface area contributed by atoms with Crippen molar-refractivity contribution in [1.82, 2.24) is 5.32 Å². The van der Waals surface area contributed by atoms with Gasteiger partial charge in [0.25, 0.3) is 0 Å². The number of nitrogens with one attached hydrogen (secondary N) is 1. The smallest absolute Gasteiger partial charge is 0.0771 e. The van der Waals surface area contributed by atoms with E-state index in [2.05, 4.69) is 5.32 Å². The van der Waals surface area contributed by atoms with E-state index in [9.17, 15) is 5.11 Å². The van der Waals surface area contributed by atoms with Crippen molar-refractivity contribution in [2.45, 2.75) is 50.2 Å². The van der Waals surface area contributed by atoms with Crippen LogP contribution in [-0.4, -0.2) is 34.8 Å². The van der Waals surface area contributed by atoms with Crippen molar-refractivity contribution in [2.75, 3.05) is 18.1 Å². The Morgan fingerprint density at radius 2 is 2.07 bits per heavy atom. The summed E-state index contributed by atoms with van der Waals surface area (Å²) in [6.45, 7) is 0.818. The molecule has 2 rings (SSSR count). The number of aliphatic hydroxyl groups is 1. The fraction of sp³-hybridized carbons (Fsp3) is 1.00. The molecule has 0 amide bonds. The molecule has 2 nitrogen and oxygen atoms in total. The Bertz CT molecular complexity index is 174. The van der Waals surface area contributed by atoms with Crippen LogP contribution in [-0.2, 0) is 0 Å². The van der Waals surface area contributed by atoms with Crippen LogP contribution in [0, 0.1) is 0 Å². The summed E-state index contributed by atoms with van der Waals surface area (Å²) >= 11 is 2.02. The van der Waals surface area contributed by atoms with Crippen molar-refractivity contribution in [1.29, 1.82) is 0 Å². The predicted octanol–water partition coefficient (Wildman–Crippen LogP) is 1.78. The minimum atomic E-state index is -0.383. The van der Waals surface area contributed by atoms with E-state index in [1.165, 1.54) is 37.2 Å². The molecule has 0 aromatic rings. The Kier molecular flexibility index (Phi) is 3.74. The van der Waals surface area contributed by atoms with Gasteiger partial charge < -0.3 is 10.4 Å². The fourth-order valence-corrected chi connectivity index (χ4v) is 3.60. The maximum Gasteiger partial charge on any atom is 0.0771 e. The zero-order valence-electron chi connectivity index (χ0n) is 8.80. The first-order valence-corrected chi connectivity index (χ1v) is 6.98. The molecule has 3 heteroatoms. The molecular formula is C11H21NOS. The van der Waals surface area contributed by atoms with Crippen molar-refractivity contribution < 1.29 is 5.11 Å². The van der Waals surface area contributed by atoms with Gasteiger partial charge in [0.15, 0.2) is 0 Å². The van der Waals surface area contributed by atoms with E-state index in [0.717, 1.165) is 19.4 Å². The molecule has 14 heavy (non-hydrogen) atoms. The number of hydrogen-bond acceptors (Lipinski definition) is 3. The molecule has 1 saturated carbocycles. The van der Waals surface area contributed by atoms with Crippen molar-refractivity contribution in [3.63, 3.8) is 0 Å². The van der Waals surface area contributed by atoms with Crippen molar-refractivity contribution in [3.8, 4) is 0 Å². The third-order valence-electron chi connectivity index (χ3n) is 3.43. The topological polar surface area (TPSA) is 32.3 Å². The summed E-state index contributed by atoms with van der Waals surface area (Å²) in [6, 6.07) is 0.658. The third-order valence-corrected chi connectivity index (χ3v) is 4.60. The highest BCUT2D eigenvalue weighted by atomic mass is 32.2. The Morgan fingerprint density at radius 3 is 2.71 bits per heavy atom. The minimum Gasteiger partial charge on any atom is -0.389 e. The van der Waals surface area contributed by atoms with E-state index >= 15 is 0 Å². The van der Waals surface area contributed by atoms with Gasteiger partial charge in [0, 0.05) is 18.3 Å². The molecular weight excluding hydrogens is 194 g/mol. The van der Waals surface area contributed by atoms with Gasteiger partial charge in [-0.15, -0.1) is 0 Å². The third kappa shape index (κ3) is 2.88. The largest absolute Gasteiger partial charge is 0.389 e. The quantitative estimate of drug-likeness (QED) is 0.752. The molecule has 1 aliphatic carbocycles. The lowest BCUT2D eigenvalue weighted by Gasteiger charge is -2.33. The number of hydrogen-bond donors (Lipinski definition) is 2. The zero-order valence-corrected chi connectivity index (χ0v) is 9.61. The fourth-order valence-electron chi connectivity index (χ4n) is 2.42. The summed E-state index contributed by atoms with van der Waals surface area (Å²) in [5, 5.41) is 13.8. The van der Waals surface area contributed by atoms with Crippen LogP contribution in [0.2, 0.25) is 0 Å². The van der Waals surface area contributed by atoms with E-state index in [1.807, 2.05) is 11.8 Å². The zero-order chi connectivity index (χ0) is 9.86. The maximum absolute atomic E-state index is 10.3. The van der Waals surface area contributed by atoms with Gasteiger partial charge in [-0.05, 0) is 25.0 Å². The maximum atomic E-state index is 10.3. The first kappa shape index (κ1) is 10.8. The minimum absolute atomic E-state index is 0.383. The normalized spacial score (nSPS) is 31.9. The molecule has 2 N–H and O–H groups in total. The van der Waals surface area contributed by atoms with Gasteiger partial charge >= 0.3 is 0 Å². The molecule has 1 saturated heterocycles. The standard InChI is InChI=1S/C11H21NOS/c13-11(5-2-1-3-6-11)9-12-10-4-7-14-8-10/h10,12-13H,1-9H2/t10-/m0/s1. The van der Waals surface area contributed by atoms with Gasteiger partial charge in [0.05, 0.1) is 5.60 Å². The Hall–Kier alpha value is 0.270. The summed E-state index contributed by atoms with van der Waals surface area (Å²) < 4.78 is 0. The highest BCUT2D eigenvalue weighted by Gasteiger charge is 2.29. The van der Waals surface area contributed by atoms with E-state index in [0.29, 0.717) is 6.04 Å². The Labute approximate surface area is 90.8 Å². The van der Waals surface area contributed by atoms with Crippen molar-refractivity contribution >= 4 is 11.8 Å². The monoisotopic (exact) mass is 215 g/mol. The summed E-state index contributed by atoms with van der Waals surface area (Å²) in [5.41, 5.74) is -0.383. The second-order valence-electron chi connectivity index (χ2n) is 4.73. The lowest BCUT2D eigenvalue weighted by molar-refractivity contribution is 0.00323. The van der Waals surface area contributed by atoms with Gasteiger partial charge in [0.2, 0.25) is 0 Å². The van der Waals surface area contributed by atoms with Crippen LogP contribution >= 0.6 is 11.8 Å². The number of thioether (sulfide) groups is 1. The van der Waals surface area contributed by atoms with Gasteiger partial charge in [-0.1, -0.05) is 19.3 Å². The van der Waals surface area contributed by atoms with E-state index in [4.69, 9.17) is 0 Å².